The summed E-state index contributed by atoms with van der Waals surface area (Å²) in [5.41, 5.74) is 1.68. The van der Waals surface area contributed by atoms with Crippen molar-refractivity contribution in [3.05, 3.63) is 24.4 Å². The van der Waals surface area contributed by atoms with Crippen molar-refractivity contribution in [2.45, 2.75) is 58.3 Å². The van der Waals surface area contributed by atoms with Crippen LogP contribution < -0.4 is 5.32 Å². The number of amides is 1. The zero-order valence-corrected chi connectivity index (χ0v) is 15.2. The van der Waals surface area contributed by atoms with E-state index in [0.717, 1.165) is 36.0 Å². The molecule has 0 bridgehead atoms. The fraction of sp³-hybridized carbons (Fsp3) is 0.579. The van der Waals surface area contributed by atoms with Crippen molar-refractivity contribution in [1.29, 1.82) is 0 Å². The Bertz CT molecular complexity index is 720. The Kier molecular flexibility index (Phi) is 5.71. The number of nitrogens with zero attached hydrogens (tertiary/aromatic N) is 2. The molecule has 1 aliphatic rings. The highest BCUT2D eigenvalue weighted by molar-refractivity contribution is 5.96. The summed E-state index contributed by atoms with van der Waals surface area (Å²) in [6.07, 6.45) is 4.88. The molecule has 2 atom stereocenters. The number of ether oxygens (including phenoxy) is 2. The van der Waals surface area contributed by atoms with E-state index in [1.807, 2.05) is 29.1 Å². The first-order valence-electron chi connectivity index (χ1n) is 9.06. The van der Waals surface area contributed by atoms with Gasteiger partial charge in [0.1, 0.15) is 6.10 Å². The smallest absolute Gasteiger partial charge is 0.253 e. The lowest BCUT2D eigenvalue weighted by Crippen LogP contribution is -2.32. The minimum Gasteiger partial charge on any atom is -0.376 e. The normalized spacial score (nSPS) is 19.3. The van der Waals surface area contributed by atoms with E-state index in [9.17, 15) is 4.79 Å². The van der Waals surface area contributed by atoms with E-state index in [4.69, 9.17) is 9.47 Å². The van der Waals surface area contributed by atoms with Gasteiger partial charge in [-0.05, 0) is 58.2 Å². The molecule has 0 aliphatic carbocycles. The molecule has 1 N–H and O–H groups in total. The molecule has 1 aromatic carbocycles. The monoisotopic (exact) mass is 345 g/mol. The third kappa shape index (κ3) is 4.58. The number of nitrogens with one attached hydrogen (secondary N) is 1. The molecule has 0 saturated carbocycles. The first-order valence-corrected chi connectivity index (χ1v) is 9.06. The molecule has 25 heavy (non-hydrogen) atoms. The van der Waals surface area contributed by atoms with Crippen LogP contribution in [-0.4, -0.2) is 41.1 Å². The van der Waals surface area contributed by atoms with Crippen LogP contribution in [0.4, 0.5) is 5.69 Å². The van der Waals surface area contributed by atoms with E-state index in [-0.39, 0.29) is 12.0 Å². The SMILES string of the molecule is CC(C)n1cc2cc(NC(=O)[C@@H](C)OC[C@H]3CCCCO3)ccc2n1. The summed E-state index contributed by atoms with van der Waals surface area (Å²) in [5.74, 6) is -0.147. The molecule has 0 radical (unpaired) electrons. The maximum absolute atomic E-state index is 12.3. The highest BCUT2D eigenvalue weighted by atomic mass is 16.5. The molecule has 136 valence electrons. The zero-order chi connectivity index (χ0) is 17.8. The van der Waals surface area contributed by atoms with Crippen molar-refractivity contribution in [1.82, 2.24) is 9.78 Å². The van der Waals surface area contributed by atoms with E-state index >= 15 is 0 Å². The number of aromatic nitrogens is 2. The molecule has 0 spiro atoms. The van der Waals surface area contributed by atoms with Gasteiger partial charge in [0.15, 0.2) is 0 Å². The molecule has 6 nitrogen and oxygen atoms in total. The summed E-state index contributed by atoms with van der Waals surface area (Å²) in [6, 6.07) is 6.04. The predicted octanol–water partition coefficient (Wildman–Crippen LogP) is 3.53. The summed E-state index contributed by atoms with van der Waals surface area (Å²) in [5, 5.41) is 8.44. The van der Waals surface area contributed by atoms with Gasteiger partial charge in [-0.3, -0.25) is 9.48 Å². The number of benzene rings is 1. The maximum Gasteiger partial charge on any atom is 0.253 e. The largest absolute Gasteiger partial charge is 0.376 e. The number of carbonyl (C=O) groups is 1. The Morgan fingerprint density at radius 2 is 2.24 bits per heavy atom. The second-order valence-electron chi connectivity index (χ2n) is 6.93. The highest BCUT2D eigenvalue weighted by Gasteiger charge is 2.19. The molecular formula is C19H27N3O3. The van der Waals surface area contributed by atoms with Crippen LogP contribution in [0.2, 0.25) is 0 Å². The van der Waals surface area contributed by atoms with Gasteiger partial charge < -0.3 is 14.8 Å². The second kappa shape index (κ2) is 7.97. The minimum absolute atomic E-state index is 0.113. The molecular weight excluding hydrogens is 318 g/mol. The Labute approximate surface area is 148 Å². The van der Waals surface area contributed by atoms with Gasteiger partial charge in [0.2, 0.25) is 0 Å². The number of hydrogen-bond donors (Lipinski definition) is 1. The van der Waals surface area contributed by atoms with Crippen LogP contribution in [0, 0.1) is 0 Å². The van der Waals surface area contributed by atoms with Crippen molar-refractivity contribution in [2.24, 2.45) is 0 Å². The van der Waals surface area contributed by atoms with Crippen molar-refractivity contribution in [2.75, 3.05) is 18.5 Å². The number of fused-ring (bicyclic) bond motifs is 1. The van der Waals surface area contributed by atoms with Gasteiger partial charge in [0.05, 0.1) is 18.2 Å². The van der Waals surface area contributed by atoms with Gasteiger partial charge >= 0.3 is 0 Å². The summed E-state index contributed by atoms with van der Waals surface area (Å²) in [6.45, 7) is 7.20. The average Bonchev–Trinajstić information content (AvgIpc) is 3.04. The van der Waals surface area contributed by atoms with Crippen LogP contribution in [0.5, 0.6) is 0 Å². The van der Waals surface area contributed by atoms with E-state index in [1.54, 1.807) is 6.92 Å². The summed E-state index contributed by atoms with van der Waals surface area (Å²) >= 11 is 0. The van der Waals surface area contributed by atoms with E-state index in [1.165, 1.54) is 6.42 Å². The topological polar surface area (TPSA) is 65.4 Å². The third-order valence-corrected chi connectivity index (χ3v) is 4.49. The number of anilines is 1. The molecule has 1 saturated heterocycles. The van der Waals surface area contributed by atoms with Gasteiger partial charge in [0.25, 0.3) is 5.91 Å². The van der Waals surface area contributed by atoms with E-state index < -0.39 is 6.10 Å². The molecule has 1 aromatic heterocycles. The average molecular weight is 345 g/mol. The van der Waals surface area contributed by atoms with Gasteiger partial charge in [-0.1, -0.05) is 0 Å². The van der Waals surface area contributed by atoms with Crippen molar-refractivity contribution in [3.63, 3.8) is 0 Å². The molecule has 1 aliphatic heterocycles. The van der Waals surface area contributed by atoms with Gasteiger partial charge in [-0.15, -0.1) is 0 Å². The van der Waals surface area contributed by atoms with Crippen LogP contribution in [0.15, 0.2) is 24.4 Å². The van der Waals surface area contributed by atoms with Crippen LogP contribution in [0.1, 0.15) is 46.1 Å². The van der Waals surface area contributed by atoms with Gasteiger partial charge in [-0.25, -0.2) is 0 Å². The molecule has 1 amide bonds. The lowest BCUT2D eigenvalue weighted by atomic mass is 10.1. The molecule has 2 aromatic rings. The first kappa shape index (κ1) is 17.9. The predicted molar refractivity (Wildman–Crippen MR) is 97.8 cm³/mol. The van der Waals surface area contributed by atoms with E-state index in [2.05, 4.69) is 24.3 Å². The Balaban J connectivity index is 1.56. The first-order chi connectivity index (χ1) is 12.0. The summed E-state index contributed by atoms with van der Waals surface area (Å²) < 4.78 is 13.2. The number of hydrogen-bond acceptors (Lipinski definition) is 4. The quantitative estimate of drug-likeness (QED) is 0.870. The van der Waals surface area contributed by atoms with Gasteiger partial charge in [0, 0.05) is 29.9 Å². The zero-order valence-electron chi connectivity index (χ0n) is 15.2. The molecule has 1 fully saturated rings. The van der Waals surface area contributed by atoms with Crippen LogP contribution in [0.25, 0.3) is 10.9 Å². The van der Waals surface area contributed by atoms with Crippen molar-refractivity contribution >= 4 is 22.5 Å². The molecule has 6 heteroatoms. The molecule has 3 rings (SSSR count). The third-order valence-electron chi connectivity index (χ3n) is 4.49. The Morgan fingerprint density at radius 1 is 1.40 bits per heavy atom. The van der Waals surface area contributed by atoms with Crippen molar-refractivity contribution in [3.8, 4) is 0 Å². The molecule has 2 heterocycles. The fourth-order valence-electron chi connectivity index (χ4n) is 2.90. The minimum atomic E-state index is -0.514. The maximum atomic E-state index is 12.3. The Hall–Kier alpha value is -1.92. The Morgan fingerprint density at radius 3 is 2.96 bits per heavy atom. The van der Waals surface area contributed by atoms with Gasteiger partial charge in [-0.2, -0.15) is 5.10 Å². The molecule has 0 unspecified atom stereocenters. The second-order valence-corrected chi connectivity index (χ2v) is 6.93. The summed E-state index contributed by atoms with van der Waals surface area (Å²) in [4.78, 5) is 12.3. The standard InChI is InChI=1S/C19H27N3O3/c1-13(2)22-11-15-10-16(7-8-18(15)21-22)20-19(23)14(3)25-12-17-6-4-5-9-24-17/h7-8,10-11,13-14,17H,4-6,9,12H2,1-3H3,(H,20,23)/t14-,17-/m1/s1. The number of rotatable bonds is 6. The fourth-order valence-corrected chi connectivity index (χ4v) is 2.90. The number of carbonyl (C=O) groups excluding carboxylic acids is 1. The lowest BCUT2D eigenvalue weighted by Gasteiger charge is -2.23. The lowest BCUT2D eigenvalue weighted by molar-refractivity contribution is -0.130. The van der Waals surface area contributed by atoms with Crippen LogP contribution in [0.3, 0.4) is 0 Å². The van der Waals surface area contributed by atoms with E-state index in [0.29, 0.717) is 12.6 Å². The summed E-state index contributed by atoms with van der Waals surface area (Å²) in [7, 11) is 0. The van der Waals surface area contributed by atoms with Crippen LogP contribution >= 0.6 is 0 Å². The van der Waals surface area contributed by atoms with Crippen molar-refractivity contribution < 1.29 is 14.3 Å². The highest BCUT2D eigenvalue weighted by Crippen LogP contribution is 2.20. The van der Waals surface area contributed by atoms with Crippen LogP contribution in [-0.2, 0) is 14.3 Å².